The number of aromatic nitrogens is 2. The lowest BCUT2D eigenvalue weighted by Crippen LogP contribution is -2.51. The zero-order valence-electron chi connectivity index (χ0n) is 14.6. The molecule has 2 aliphatic rings. The van der Waals surface area contributed by atoms with Crippen LogP contribution in [0.15, 0.2) is 12.4 Å². The molecule has 0 aliphatic carbocycles. The van der Waals surface area contributed by atoms with E-state index in [0.717, 1.165) is 31.5 Å². The molecular weight excluding hydrogens is 306 g/mol. The molecular formula is C16H27N7O. The highest BCUT2D eigenvalue weighted by molar-refractivity contribution is 5.79. The average molecular weight is 333 g/mol. The molecule has 3 heterocycles. The lowest BCUT2D eigenvalue weighted by Gasteiger charge is -2.32. The Morgan fingerprint density at radius 2 is 2.17 bits per heavy atom. The van der Waals surface area contributed by atoms with Gasteiger partial charge in [-0.2, -0.15) is 0 Å². The predicted molar refractivity (Wildman–Crippen MR) is 92.1 cm³/mol. The third-order valence-electron chi connectivity index (χ3n) is 4.93. The van der Waals surface area contributed by atoms with Gasteiger partial charge in [-0.15, -0.1) is 0 Å². The number of nitrogens with zero attached hydrogens (tertiary/aromatic N) is 4. The molecule has 8 heteroatoms. The van der Waals surface area contributed by atoms with Crippen LogP contribution in [0.4, 0.5) is 5.95 Å². The van der Waals surface area contributed by atoms with Crippen molar-refractivity contribution >= 4 is 11.9 Å². The topological polar surface area (TPSA) is 85.4 Å². The van der Waals surface area contributed by atoms with Crippen LogP contribution in [0.2, 0.25) is 0 Å². The highest BCUT2D eigenvalue weighted by atomic mass is 16.2. The van der Waals surface area contributed by atoms with Crippen LogP contribution >= 0.6 is 0 Å². The van der Waals surface area contributed by atoms with Gasteiger partial charge in [-0.3, -0.25) is 20.5 Å². The van der Waals surface area contributed by atoms with Crippen molar-refractivity contribution in [2.45, 2.75) is 31.5 Å². The highest BCUT2D eigenvalue weighted by Gasteiger charge is 2.42. The SMILES string of the molecule is CNc1ncc(CN2CCCC2C2NNCC2C(=O)N(C)C)cn1. The van der Waals surface area contributed by atoms with Crippen molar-refractivity contribution in [3.63, 3.8) is 0 Å². The molecule has 1 aromatic rings. The second kappa shape index (κ2) is 7.42. The lowest BCUT2D eigenvalue weighted by molar-refractivity contribution is -0.133. The molecule has 0 aromatic carbocycles. The summed E-state index contributed by atoms with van der Waals surface area (Å²) in [7, 11) is 5.46. The number of amides is 1. The summed E-state index contributed by atoms with van der Waals surface area (Å²) in [6.07, 6.45) is 6.00. The number of carbonyl (C=O) groups excluding carboxylic acids is 1. The van der Waals surface area contributed by atoms with Gasteiger partial charge in [0.05, 0.1) is 5.92 Å². The van der Waals surface area contributed by atoms with Crippen LogP contribution in [0.1, 0.15) is 18.4 Å². The standard InChI is InChI=1S/C16H27N7O/c1-17-16-18-7-11(8-19-16)10-23-6-4-5-13(23)14-12(9-20-21-14)15(24)22(2)3/h7-8,12-14,20-21H,4-6,9-10H2,1-3H3,(H,17,18,19). The fourth-order valence-corrected chi connectivity index (χ4v) is 3.71. The van der Waals surface area contributed by atoms with Crippen LogP contribution in [0.25, 0.3) is 0 Å². The normalized spacial score (nSPS) is 27.4. The second-order valence-electron chi connectivity index (χ2n) is 6.74. The van der Waals surface area contributed by atoms with Gasteiger partial charge in [0.1, 0.15) is 0 Å². The zero-order valence-corrected chi connectivity index (χ0v) is 14.6. The Morgan fingerprint density at radius 1 is 1.42 bits per heavy atom. The number of carbonyl (C=O) groups is 1. The van der Waals surface area contributed by atoms with Crippen LogP contribution in [0, 0.1) is 5.92 Å². The second-order valence-corrected chi connectivity index (χ2v) is 6.74. The highest BCUT2D eigenvalue weighted by Crippen LogP contribution is 2.27. The van der Waals surface area contributed by atoms with Crippen molar-refractivity contribution in [1.82, 2.24) is 30.6 Å². The molecule has 2 aliphatic heterocycles. The molecule has 3 N–H and O–H groups in total. The van der Waals surface area contributed by atoms with Crippen LogP contribution in [0.5, 0.6) is 0 Å². The summed E-state index contributed by atoms with van der Waals surface area (Å²) in [6, 6.07) is 0.484. The lowest BCUT2D eigenvalue weighted by atomic mass is 9.92. The largest absolute Gasteiger partial charge is 0.357 e. The minimum absolute atomic E-state index is 0.0199. The maximum atomic E-state index is 12.4. The quantitative estimate of drug-likeness (QED) is 0.680. The third kappa shape index (κ3) is 3.50. The predicted octanol–water partition coefficient (Wildman–Crippen LogP) is -0.336. The van der Waals surface area contributed by atoms with Gasteiger partial charge >= 0.3 is 0 Å². The van der Waals surface area contributed by atoms with Crippen LogP contribution < -0.4 is 16.2 Å². The third-order valence-corrected chi connectivity index (χ3v) is 4.93. The van der Waals surface area contributed by atoms with Crippen molar-refractivity contribution in [3.05, 3.63) is 18.0 Å². The molecule has 24 heavy (non-hydrogen) atoms. The number of rotatable bonds is 5. The van der Waals surface area contributed by atoms with E-state index >= 15 is 0 Å². The van der Waals surface area contributed by atoms with E-state index in [4.69, 9.17) is 0 Å². The molecule has 132 valence electrons. The van der Waals surface area contributed by atoms with Gasteiger partial charge < -0.3 is 10.2 Å². The minimum atomic E-state index is -0.0199. The zero-order chi connectivity index (χ0) is 17.1. The van der Waals surface area contributed by atoms with E-state index in [1.807, 2.05) is 33.5 Å². The summed E-state index contributed by atoms with van der Waals surface area (Å²) in [5.74, 6) is 0.801. The molecule has 0 radical (unpaired) electrons. The van der Waals surface area contributed by atoms with Crippen molar-refractivity contribution in [3.8, 4) is 0 Å². The van der Waals surface area contributed by atoms with Gasteiger partial charge in [0.25, 0.3) is 0 Å². The summed E-state index contributed by atoms with van der Waals surface area (Å²) >= 11 is 0. The van der Waals surface area contributed by atoms with Crippen molar-refractivity contribution in [2.24, 2.45) is 5.92 Å². The maximum absolute atomic E-state index is 12.4. The van der Waals surface area contributed by atoms with Gasteiger partial charge in [-0.05, 0) is 19.4 Å². The number of anilines is 1. The minimum Gasteiger partial charge on any atom is -0.357 e. The Labute approximate surface area is 143 Å². The van der Waals surface area contributed by atoms with E-state index in [1.54, 1.807) is 4.90 Å². The van der Waals surface area contributed by atoms with Crippen molar-refractivity contribution < 1.29 is 4.79 Å². The molecule has 3 unspecified atom stereocenters. The van der Waals surface area contributed by atoms with E-state index in [0.29, 0.717) is 18.5 Å². The van der Waals surface area contributed by atoms with Crippen LogP contribution in [0.3, 0.4) is 0 Å². The van der Waals surface area contributed by atoms with E-state index in [9.17, 15) is 4.79 Å². The first kappa shape index (κ1) is 17.1. The fraction of sp³-hybridized carbons (Fsp3) is 0.688. The molecule has 0 saturated carbocycles. The first-order valence-corrected chi connectivity index (χ1v) is 8.52. The molecule has 2 fully saturated rings. The Balaban J connectivity index is 1.69. The Kier molecular flexibility index (Phi) is 5.27. The van der Waals surface area contributed by atoms with Crippen LogP contribution in [-0.4, -0.2) is 72.0 Å². The molecule has 8 nitrogen and oxygen atoms in total. The molecule has 3 rings (SSSR count). The number of nitrogens with one attached hydrogen (secondary N) is 3. The van der Waals surface area contributed by atoms with E-state index in [2.05, 4.69) is 31.0 Å². The smallest absolute Gasteiger partial charge is 0.228 e. The van der Waals surface area contributed by atoms with Gasteiger partial charge in [0.2, 0.25) is 11.9 Å². The summed E-state index contributed by atoms with van der Waals surface area (Å²) in [4.78, 5) is 25.2. The van der Waals surface area contributed by atoms with Crippen LogP contribution in [-0.2, 0) is 11.3 Å². The summed E-state index contributed by atoms with van der Waals surface area (Å²) in [5, 5.41) is 2.93. The molecule has 2 saturated heterocycles. The van der Waals surface area contributed by atoms with E-state index < -0.39 is 0 Å². The first-order chi connectivity index (χ1) is 11.6. The first-order valence-electron chi connectivity index (χ1n) is 8.52. The average Bonchev–Trinajstić information content (AvgIpc) is 3.23. The van der Waals surface area contributed by atoms with Gasteiger partial charge in [0, 0.05) is 64.3 Å². The molecule has 0 spiro atoms. The van der Waals surface area contributed by atoms with Gasteiger partial charge in [-0.1, -0.05) is 0 Å². The van der Waals surface area contributed by atoms with Crippen molar-refractivity contribution in [1.29, 1.82) is 0 Å². The summed E-state index contributed by atoms with van der Waals surface area (Å²) < 4.78 is 0. The Hall–Kier alpha value is -1.77. The molecule has 0 bridgehead atoms. The number of hydrogen-bond donors (Lipinski definition) is 3. The summed E-state index contributed by atoms with van der Waals surface area (Å²) in [6.45, 7) is 2.54. The molecule has 1 aromatic heterocycles. The van der Waals surface area contributed by atoms with E-state index in [1.165, 1.54) is 0 Å². The van der Waals surface area contributed by atoms with Crippen molar-refractivity contribution in [2.75, 3.05) is 39.5 Å². The number of likely N-dealkylation sites (tertiary alicyclic amines) is 1. The number of hydrogen-bond acceptors (Lipinski definition) is 7. The van der Waals surface area contributed by atoms with Gasteiger partial charge in [0.15, 0.2) is 0 Å². The maximum Gasteiger partial charge on any atom is 0.228 e. The molecule has 1 amide bonds. The fourth-order valence-electron chi connectivity index (χ4n) is 3.71. The Bertz CT molecular complexity index is 562. The van der Waals surface area contributed by atoms with Gasteiger partial charge in [-0.25, -0.2) is 9.97 Å². The summed E-state index contributed by atoms with van der Waals surface area (Å²) in [5.41, 5.74) is 7.61. The monoisotopic (exact) mass is 333 g/mol. The van der Waals surface area contributed by atoms with E-state index in [-0.39, 0.29) is 17.9 Å². The molecule has 3 atom stereocenters. The number of hydrazine groups is 1. The Morgan fingerprint density at radius 3 is 2.83 bits per heavy atom.